The molecule has 1 saturated heterocycles. The smallest absolute Gasteiger partial charge is 0.311 e. The topological polar surface area (TPSA) is 83.6 Å². The normalized spacial score (nSPS) is 22.5. The summed E-state index contributed by atoms with van der Waals surface area (Å²) < 4.78 is 4.93. The first-order chi connectivity index (χ1) is 9.35. The lowest BCUT2D eigenvalue weighted by Crippen LogP contribution is -2.41. The first-order valence-electron chi connectivity index (χ1n) is 6.78. The molecule has 20 heavy (non-hydrogen) atoms. The van der Waals surface area contributed by atoms with Gasteiger partial charge >= 0.3 is 5.97 Å². The molecule has 0 spiro atoms. The fourth-order valence-electron chi connectivity index (χ4n) is 2.71. The summed E-state index contributed by atoms with van der Waals surface area (Å²) in [5.74, 6) is -0.259. The monoisotopic (exact) mass is 280 g/mol. The summed E-state index contributed by atoms with van der Waals surface area (Å²) in [5.41, 5.74) is -0.236. The zero-order valence-electron chi connectivity index (χ0n) is 12.0. The van der Waals surface area contributed by atoms with Gasteiger partial charge in [0.25, 0.3) is 0 Å². The number of aromatic nitrogens is 1. The Labute approximate surface area is 117 Å². The van der Waals surface area contributed by atoms with Crippen LogP contribution in [0, 0.1) is 18.3 Å². The molecule has 1 amide bonds. The average Bonchev–Trinajstić information content (AvgIpc) is 2.96. The van der Waals surface area contributed by atoms with Gasteiger partial charge in [0, 0.05) is 19.2 Å². The van der Waals surface area contributed by atoms with Crippen LogP contribution in [0.2, 0.25) is 0 Å². The second kappa shape index (κ2) is 5.26. The van der Waals surface area contributed by atoms with E-state index in [4.69, 9.17) is 4.52 Å². The van der Waals surface area contributed by atoms with Crippen LogP contribution >= 0.6 is 0 Å². The molecule has 2 rings (SSSR count). The number of aryl methyl sites for hydroxylation is 1. The van der Waals surface area contributed by atoms with E-state index in [2.05, 4.69) is 5.16 Å². The third kappa shape index (κ3) is 2.55. The summed E-state index contributed by atoms with van der Waals surface area (Å²) in [7, 11) is 0. The molecule has 1 atom stereocenters. The molecule has 1 aromatic heterocycles. The number of nitrogens with zero attached hydrogens (tertiary/aromatic N) is 2. The van der Waals surface area contributed by atoms with Crippen molar-refractivity contribution in [2.24, 2.45) is 11.3 Å². The van der Waals surface area contributed by atoms with E-state index in [0.29, 0.717) is 24.4 Å². The van der Waals surface area contributed by atoms with Gasteiger partial charge in [-0.15, -0.1) is 0 Å². The molecule has 1 aliphatic rings. The number of amides is 1. The van der Waals surface area contributed by atoms with Gasteiger partial charge in [0.1, 0.15) is 5.76 Å². The Morgan fingerprint density at radius 3 is 2.70 bits per heavy atom. The summed E-state index contributed by atoms with van der Waals surface area (Å²) >= 11 is 0. The molecule has 0 radical (unpaired) electrons. The van der Waals surface area contributed by atoms with Crippen LogP contribution in [0.1, 0.15) is 31.7 Å². The van der Waals surface area contributed by atoms with E-state index in [1.54, 1.807) is 17.9 Å². The summed E-state index contributed by atoms with van der Waals surface area (Å²) in [6.07, 6.45) is 0.661. The summed E-state index contributed by atoms with van der Waals surface area (Å²) in [4.78, 5) is 25.4. The van der Waals surface area contributed by atoms with Gasteiger partial charge in [0.05, 0.1) is 17.5 Å². The van der Waals surface area contributed by atoms with Crippen molar-refractivity contribution in [1.29, 1.82) is 0 Å². The maximum atomic E-state index is 12.2. The van der Waals surface area contributed by atoms with Crippen molar-refractivity contribution in [2.75, 3.05) is 13.1 Å². The summed E-state index contributed by atoms with van der Waals surface area (Å²) in [6, 6.07) is 1.72. The fourth-order valence-corrected chi connectivity index (χ4v) is 2.71. The summed E-state index contributed by atoms with van der Waals surface area (Å²) in [6.45, 7) is 6.31. The Hall–Kier alpha value is -1.85. The van der Waals surface area contributed by atoms with Gasteiger partial charge in [0.15, 0.2) is 0 Å². The van der Waals surface area contributed by atoms with Gasteiger partial charge in [0.2, 0.25) is 5.91 Å². The average molecular weight is 280 g/mol. The number of likely N-dealkylation sites (tertiary alicyclic amines) is 1. The van der Waals surface area contributed by atoms with Crippen LogP contribution in [0.15, 0.2) is 10.6 Å². The number of hydrogen-bond donors (Lipinski definition) is 1. The molecular formula is C14H20N2O4. The van der Waals surface area contributed by atoms with Crippen molar-refractivity contribution >= 4 is 11.9 Å². The molecule has 0 aromatic carbocycles. The van der Waals surface area contributed by atoms with Crippen molar-refractivity contribution < 1.29 is 19.2 Å². The molecule has 1 N–H and O–H groups in total. The van der Waals surface area contributed by atoms with E-state index in [0.717, 1.165) is 0 Å². The number of carboxylic acids is 1. The minimum Gasteiger partial charge on any atom is -0.481 e. The highest BCUT2D eigenvalue weighted by atomic mass is 16.5. The van der Waals surface area contributed by atoms with Crippen LogP contribution in [0.5, 0.6) is 0 Å². The third-order valence-electron chi connectivity index (χ3n) is 4.19. The Morgan fingerprint density at radius 2 is 2.25 bits per heavy atom. The van der Waals surface area contributed by atoms with Crippen molar-refractivity contribution in [3.8, 4) is 0 Å². The molecular weight excluding hydrogens is 260 g/mol. The first-order valence-corrected chi connectivity index (χ1v) is 6.78. The van der Waals surface area contributed by atoms with Gasteiger partial charge in [-0.25, -0.2) is 0 Å². The molecule has 1 unspecified atom stereocenters. The number of carboxylic acid groups (broad SMARTS) is 1. The van der Waals surface area contributed by atoms with Crippen LogP contribution in [0.4, 0.5) is 0 Å². The maximum Gasteiger partial charge on any atom is 0.311 e. The van der Waals surface area contributed by atoms with E-state index >= 15 is 0 Å². The second-order valence-corrected chi connectivity index (χ2v) is 5.79. The highest BCUT2D eigenvalue weighted by Gasteiger charge is 2.48. The van der Waals surface area contributed by atoms with E-state index < -0.39 is 11.4 Å². The van der Waals surface area contributed by atoms with Gasteiger partial charge in [-0.1, -0.05) is 19.0 Å². The predicted molar refractivity (Wildman–Crippen MR) is 71.0 cm³/mol. The fraction of sp³-hybridized carbons (Fsp3) is 0.643. The molecule has 1 aliphatic heterocycles. The van der Waals surface area contributed by atoms with Crippen molar-refractivity contribution in [1.82, 2.24) is 10.1 Å². The minimum atomic E-state index is -0.824. The lowest BCUT2D eigenvalue weighted by Gasteiger charge is -2.28. The Kier molecular flexibility index (Phi) is 3.83. The molecule has 6 nitrogen and oxygen atoms in total. The summed E-state index contributed by atoms with van der Waals surface area (Å²) in [5, 5.41) is 13.3. The molecule has 6 heteroatoms. The minimum absolute atomic E-state index is 0.00732. The Bertz CT molecular complexity index is 523. The standard InChI is InChI=1S/C14H20N2O4/c1-9(2)14(13(18)19)4-5-16(8-14)12(17)7-11-6-10(3)20-15-11/h6,9H,4-5,7-8H2,1-3H3,(H,18,19). The molecule has 2 heterocycles. The number of carbonyl (C=O) groups excluding carboxylic acids is 1. The number of hydrogen-bond acceptors (Lipinski definition) is 4. The van der Waals surface area contributed by atoms with Crippen molar-refractivity contribution in [3.63, 3.8) is 0 Å². The Morgan fingerprint density at radius 1 is 1.55 bits per heavy atom. The lowest BCUT2D eigenvalue weighted by atomic mass is 9.76. The van der Waals surface area contributed by atoms with Gasteiger partial charge in [-0.2, -0.15) is 0 Å². The van der Waals surface area contributed by atoms with E-state index in [1.165, 1.54) is 0 Å². The van der Waals surface area contributed by atoms with Crippen LogP contribution in [0.25, 0.3) is 0 Å². The molecule has 1 aromatic rings. The number of aliphatic carboxylic acids is 1. The quantitative estimate of drug-likeness (QED) is 0.903. The van der Waals surface area contributed by atoms with Crippen LogP contribution < -0.4 is 0 Å². The lowest BCUT2D eigenvalue weighted by molar-refractivity contribution is -0.151. The number of rotatable bonds is 4. The van der Waals surface area contributed by atoms with Gasteiger partial charge in [-0.05, 0) is 19.3 Å². The zero-order chi connectivity index (χ0) is 14.9. The maximum absolute atomic E-state index is 12.2. The highest BCUT2D eigenvalue weighted by molar-refractivity contribution is 5.82. The molecule has 1 fully saturated rings. The SMILES string of the molecule is Cc1cc(CC(=O)N2CCC(C(=O)O)(C(C)C)C2)no1. The second-order valence-electron chi connectivity index (χ2n) is 5.79. The molecule has 0 saturated carbocycles. The van der Waals surface area contributed by atoms with E-state index in [1.807, 2.05) is 13.8 Å². The van der Waals surface area contributed by atoms with Gasteiger partial charge < -0.3 is 14.5 Å². The van der Waals surface area contributed by atoms with Crippen LogP contribution in [0.3, 0.4) is 0 Å². The van der Waals surface area contributed by atoms with Crippen molar-refractivity contribution in [2.45, 2.75) is 33.6 Å². The van der Waals surface area contributed by atoms with Crippen LogP contribution in [-0.4, -0.2) is 40.1 Å². The molecule has 110 valence electrons. The van der Waals surface area contributed by atoms with Crippen LogP contribution in [-0.2, 0) is 16.0 Å². The van der Waals surface area contributed by atoms with Gasteiger partial charge in [-0.3, -0.25) is 9.59 Å². The predicted octanol–water partition coefficient (Wildman–Crippen LogP) is 1.48. The largest absolute Gasteiger partial charge is 0.481 e. The number of carbonyl (C=O) groups is 2. The highest BCUT2D eigenvalue weighted by Crippen LogP contribution is 2.38. The zero-order valence-corrected chi connectivity index (χ0v) is 12.0. The third-order valence-corrected chi connectivity index (χ3v) is 4.19. The first kappa shape index (κ1) is 14.6. The van der Waals surface area contributed by atoms with E-state index in [9.17, 15) is 14.7 Å². The Balaban J connectivity index is 2.05. The molecule has 0 bridgehead atoms. The van der Waals surface area contributed by atoms with E-state index in [-0.39, 0.29) is 24.8 Å². The van der Waals surface area contributed by atoms with Crippen molar-refractivity contribution in [3.05, 3.63) is 17.5 Å². The molecule has 0 aliphatic carbocycles.